The Morgan fingerprint density at radius 1 is 1.04 bits per heavy atom. The Morgan fingerprint density at radius 3 is 2.68 bits per heavy atom. The standard InChI is InChI=1S/C23H28N2O3/c1-16-6-8-19(13-17(16)2)24-23(26)15-25-10-3-5-20(25)18-7-9-21-22(14-18)28-12-4-11-27-21/h6-9,13-14,20H,3-5,10-12,15H2,1-2H3,(H,24,26)/t20-/m0/s1. The molecule has 2 aliphatic heterocycles. The molecule has 5 heteroatoms. The first-order valence-corrected chi connectivity index (χ1v) is 10.1. The van der Waals surface area contributed by atoms with Gasteiger partial charge >= 0.3 is 0 Å². The Morgan fingerprint density at radius 2 is 1.86 bits per heavy atom. The number of ether oxygens (including phenoxy) is 2. The summed E-state index contributed by atoms with van der Waals surface area (Å²) in [4.78, 5) is 14.9. The zero-order valence-electron chi connectivity index (χ0n) is 16.7. The number of amides is 1. The van der Waals surface area contributed by atoms with Crippen molar-refractivity contribution in [2.45, 2.75) is 39.2 Å². The number of rotatable bonds is 4. The van der Waals surface area contributed by atoms with Gasteiger partial charge in [-0.2, -0.15) is 0 Å². The van der Waals surface area contributed by atoms with E-state index >= 15 is 0 Å². The summed E-state index contributed by atoms with van der Waals surface area (Å²) in [6, 6.07) is 12.5. The summed E-state index contributed by atoms with van der Waals surface area (Å²) < 4.78 is 11.6. The maximum Gasteiger partial charge on any atom is 0.238 e. The van der Waals surface area contributed by atoms with Crippen LogP contribution in [-0.2, 0) is 4.79 Å². The monoisotopic (exact) mass is 380 g/mol. The number of carbonyl (C=O) groups excluding carboxylic acids is 1. The Labute approximate surface area is 166 Å². The molecular formula is C23H28N2O3. The summed E-state index contributed by atoms with van der Waals surface area (Å²) in [7, 11) is 0. The molecule has 2 aromatic rings. The van der Waals surface area contributed by atoms with Gasteiger partial charge in [-0.1, -0.05) is 12.1 Å². The molecule has 2 aliphatic rings. The van der Waals surface area contributed by atoms with Gasteiger partial charge in [0.2, 0.25) is 5.91 Å². The second-order valence-corrected chi connectivity index (χ2v) is 7.73. The van der Waals surface area contributed by atoms with Crippen molar-refractivity contribution in [2.75, 3.05) is 31.6 Å². The van der Waals surface area contributed by atoms with Crippen LogP contribution in [0.3, 0.4) is 0 Å². The minimum absolute atomic E-state index is 0.0319. The third-order valence-corrected chi connectivity index (χ3v) is 5.66. The number of aryl methyl sites for hydroxylation is 2. The second kappa shape index (κ2) is 8.23. The quantitative estimate of drug-likeness (QED) is 0.862. The molecule has 148 valence electrons. The van der Waals surface area contributed by atoms with E-state index in [9.17, 15) is 4.79 Å². The van der Waals surface area contributed by atoms with Crippen molar-refractivity contribution in [1.29, 1.82) is 0 Å². The molecule has 28 heavy (non-hydrogen) atoms. The highest BCUT2D eigenvalue weighted by Gasteiger charge is 2.28. The largest absolute Gasteiger partial charge is 0.490 e. The van der Waals surface area contributed by atoms with E-state index in [0.717, 1.165) is 43.0 Å². The molecule has 1 atom stereocenters. The molecule has 0 aromatic heterocycles. The zero-order chi connectivity index (χ0) is 19.5. The van der Waals surface area contributed by atoms with Gasteiger partial charge in [-0.3, -0.25) is 9.69 Å². The van der Waals surface area contributed by atoms with E-state index in [-0.39, 0.29) is 11.9 Å². The Kier molecular flexibility index (Phi) is 5.53. The van der Waals surface area contributed by atoms with Crippen LogP contribution in [0.5, 0.6) is 11.5 Å². The Balaban J connectivity index is 1.44. The van der Waals surface area contributed by atoms with Gasteiger partial charge < -0.3 is 14.8 Å². The first kappa shape index (κ1) is 18.8. The molecule has 0 aliphatic carbocycles. The van der Waals surface area contributed by atoms with Crippen LogP contribution in [0.15, 0.2) is 36.4 Å². The van der Waals surface area contributed by atoms with Crippen molar-refractivity contribution in [2.24, 2.45) is 0 Å². The maximum absolute atomic E-state index is 12.6. The van der Waals surface area contributed by atoms with Crippen molar-refractivity contribution >= 4 is 11.6 Å². The lowest BCUT2D eigenvalue weighted by molar-refractivity contribution is -0.117. The lowest BCUT2D eigenvalue weighted by atomic mass is 10.0. The van der Waals surface area contributed by atoms with Crippen LogP contribution in [0, 0.1) is 13.8 Å². The number of nitrogens with one attached hydrogen (secondary N) is 1. The lowest BCUT2D eigenvalue weighted by Crippen LogP contribution is -2.33. The first-order chi connectivity index (χ1) is 13.6. The van der Waals surface area contributed by atoms with Crippen molar-refractivity contribution in [3.05, 3.63) is 53.1 Å². The van der Waals surface area contributed by atoms with E-state index in [1.807, 2.05) is 24.3 Å². The van der Waals surface area contributed by atoms with Crippen LogP contribution in [0.25, 0.3) is 0 Å². The SMILES string of the molecule is Cc1ccc(NC(=O)CN2CCC[C@H]2c2ccc3c(c2)OCCCO3)cc1C. The smallest absolute Gasteiger partial charge is 0.238 e. The van der Waals surface area contributed by atoms with Crippen LogP contribution in [0.4, 0.5) is 5.69 Å². The van der Waals surface area contributed by atoms with Crippen molar-refractivity contribution in [3.63, 3.8) is 0 Å². The second-order valence-electron chi connectivity index (χ2n) is 7.73. The molecule has 5 nitrogen and oxygen atoms in total. The summed E-state index contributed by atoms with van der Waals surface area (Å²) in [5.74, 6) is 1.67. The number of nitrogens with zero attached hydrogens (tertiary/aromatic N) is 1. The van der Waals surface area contributed by atoms with Crippen molar-refractivity contribution in [1.82, 2.24) is 4.90 Å². The number of fused-ring (bicyclic) bond motifs is 1. The van der Waals surface area contributed by atoms with Gasteiger partial charge in [0.1, 0.15) is 0 Å². The number of likely N-dealkylation sites (tertiary alicyclic amines) is 1. The summed E-state index contributed by atoms with van der Waals surface area (Å²) in [5.41, 5.74) is 4.47. The molecule has 0 bridgehead atoms. The topological polar surface area (TPSA) is 50.8 Å². The molecule has 1 amide bonds. The van der Waals surface area contributed by atoms with Gasteiger partial charge in [-0.15, -0.1) is 0 Å². The number of anilines is 1. The lowest BCUT2D eigenvalue weighted by Gasteiger charge is -2.25. The van der Waals surface area contributed by atoms with Crippen LogP contribution in [0.2, 0.25) is 0 Å². The van der Waals surface area contributed by atoms with Crippen LogP contribution >= 0.6 is 0 Å². The highest BCUT2D eigenvalue weighted by Crippen LogP contribution is 2.37. The fourth-order valence-corrected chi connectivity index (χ4v) is 3.98. The fourth-order valence-electron chi connectivity index (χ4n) is 3.98. The number of hydrogen-bond donors (Lipinski definition) is 1. The molecule has 0 radical (unpaired) electrons. The highest BCUT2D eigenvalue weighted by molar-refractivity contribution is 5.92. The predicted octanol–water partition coefficient (Wildman–Crippen LogP) is 4.24. The molecule has 4 rings (SSSR count). The Bertz CT molecular complexity index is 865. The minimum atomic E-state index is 0.0319. The molecule has 0 saturated carbocycles. The summed E-state index contributed by atoms with van der Waals surface area (Å²) >= 11 is 0. The number of hydrogen-bond acceptors (Lipinski definition) is 4. The molecule has 1 fully saturated rings. The molecule has 0 unspecified atom stereocenters. The third kappa shape index (κ3) is 4.14. The van der Waals surface area contributed by atoms with E-state index < -0.39 is 0 Å². The molecule has 0 spiro atoms. The van der Waals surface area contributed by atoms with Crippen molar-refractivity contribution in [3.8, 4) is 11.5 Å². The maximum atomic E-state index is 12.6. The normalized spacial score (nSPS) is 19.3. The van der Waals surface area contributed by atoms with Crippen LogP contribution in [0.1, 0.15) is 42.0 Å². The average Bonchev–Trinajstić information content (AvgIpc) is 3.00. The summed E-state index contributed by atoms with van der Waals surface area (Å²) in [5, 5.41) is 3.04. The van der Waals surface area contributed by atoms with Gasteiger partial charge in [0.25, 0.3) is 0 Å². The molecule has 1 N–H and O–H groups in total. The highest BCUT2D eigenvalue weighted by atomic mass is 16.5. The van der Waals surface area contributed by atoms with Crippen LogP contribution in [-0.4, -0.2) is 37.1 Å². The van der Waals surface area contributed by atoms with Gasteiger partial charge in [0.05, 0.1) is 19.8 Å². The number of carbonyl (C=O) groups is 1. The molecule has 1 saturated heterocycles. The first-order valence-electron chi connectivity index (χ1n) is 10.1. The van der Waals surface area contributed by atoms with Gasteiger partial charge in [0.15, 0.2) is 11.5 Å². The van der Waals surface area contributed by atoms with Gasteiger partial charge in [-0.05, 0) is 74.2 Å². The van der Waals surface area contributed by atoms with E-state index in [1.54, 1.807) is 0 Å². The molecular weight excluding hydrogens is 352 g/mol. The number of benzene rings is 2. The fraction of sp³-hybridized carbons (Fsp3) is 0.435. The minimum Gasteiger partial charge on any atom is -0.490 e. The van der Waals surface area contributed by atoms with E-state index in [4.69, 9.17) is 9.47 Å². The Hall–Kier alpha value is -2.53. The van der Waals surface area contributed by atoms with Gasteiger partial charge in [-0.25, -0.2) is 0 Å². The average molecular weight is 380 g/mol. The summed E-state index contributed by atoms with van der Waals surface area (Å²) in [6.45, 7) is 6.84. The molecule has 2 aromatic carbocycles. The molecule has 2 heterocycles. The van der Waals surface area contributed by atoms with Crippen LogP contribution < -0.4 is 14.8 Å². The predicted molar refractivity (Wildman–Crippen MR) is 110 cm³/mol. The van der Waals surface area contributed by atoms with Crippen molar-refractivity contribution < 1.29 is 14.3 Å². The van der Waals surface area contributed by atoms with E-state index in [2.05, 4.69) is 36.2 Å². The summed E-state index contributed by atoms with van der Waals surface area (Å²) in [6.07, 6.45) is 3.05. The van der Waals surface area contributed by atoms with E-state index in [1.165, 1.54) is 16.7 Å². The van der Waals surface area contributed by atoms with Gasteiger partial charge in [0, 0.05) is 18.2 Å². The third-order valence-electron chi connectivity index (χ3n) is 5.66. The van der Waals surface area contributed by atoms with E-state index in [0.29, 0.717) is 19.8 Å². The zero-order valence-corrected chi connectivity index (χ0v) is 16.7.